The summed E-state index contributed by atoms with van der Waals surface area (Å²) in [5.41, 5.74) is 4.35. The van der Waals surface area contributed by atoms with Crippen LogP contribution in [0.15, 0.2) is 64.4 Å². The molecule has 0 radical (unpaired) electrons. The van der Waals surface area contributed by atoms with Gasteiger partial charge in [-0.25, -0.2) is 12.6 Å². The number of nitrogens with one attached hydrogen (secondary N) is 1. The molecule has 3 aromatic rings. The van der Waals surface area contributed by atoms with E-state index in [4.69, 9.17) is 10.3 Å². The summed E-state index contributed by atoms with van der Waals surface area (Å²) in [6.07, 6.45) is 0. The Balaban J connectivity index is 0.00000280. The topological polar surface area (TPSA) is 224 Å². The molecule has 1 aliphatic rings. The summed E-state index contributed by atoms with van der Waals surface area (Å²) in [6.45, 7) is -0.863. The average Bonchev–Trinajstić information content (AvgIpc) is 2.82. The van der Waals surface area contributed by atoms with Crippen LogP contribution in [0.4, 0.5) is 17.1 Å². The Kier molecular flexibility index (Phi) is 8.76. The number of fused-ring (bicyclic) bond motifs is 2. The minimum Gasteiger partial charge on any atom is -1.00 e. The summed E-state index contributed by atoms with van der Waals surface area (Å²) in [5, 5.41) is 2.71. The van der Waals surface area contributed by atoms with Crippen LogP contribution in [0.3, 0.4) is 0 Å². The molecular weight excluding hydrogens is 587 g/mol. The first-order valence-corrected chi connectivity index (χ1v) is 14.9. The van der Waals surface area contributed by atoms with Crippen molar-refractivity contribution in [2.45, 2.75) is 9.79 Å². The van der Waals surface area contributed by atoms with Gasteiger partial charge in [-0.2, -0.15) is 16.8 Å². The fourth-order valence-electron chi connectivity index (χ4n) is 3.90. The number of carbonyl (C=O) groups excluding carboxylic acids is 2. The maximum atomic E-state index is 13.4. The zero-order chi connectivity index (χ0) is 28.0. The zero-order valence-corrected chi connectivity index (χ0v) is 24.4. The number of ketones is 2. The molecule has 39 heavy (non-hydrogen) atoms. The molecule has 17 heteroatoms. The molecule has 0 bridgehead atoms. The molecule has 0 saturated carbocycles. The van der Waals surface area contributed by atoms with Crippen molar-refractivity contribution in [2.75, 3.05) is 23.4 Å². The van der Waals surface area contributed by atoms with Crippen LogP contribution in [-0.2, 0) is 34.5 Å². The number of anilines is 3. The molecule has 5 N–H and O–H groups in total. The van der Waals surface area contributed by atoms with Crippen LogP contribution in [0.5, 0.6) is 0 Å². The molecule has 0 aliphatic heterocycles. The maximum Gasteiger partial charge on any atom is 1.00 e. The predicted octanol–water partition coefficient (Wildman–Crippen LogP) is -1.26. The van der Waals surface area contributed by atoms with E-state index >= 15 is 0 Å². The van der Waals surface area contributed by atoms with E-state index in [1.54, 1.807) is 0 Å². The van der Waals surface area contributed by atoms with E-state index < -0.39 is 70.4 Å². The van der Waals surface area contributed by atoms with Crippen LogP contribution >= 0.6 is 0 Å². The van der Waals surface area contributed by atoms with Gasteiger partial charge < -0.3 is 12.5 Å². The van der Waals surface area contributed by atoms with E-state index in [0.29, 0.717) is 0 Å². The van der Waals surface area contributed by atoms with Gasteiger partial charge in [0.15, 0.2) is 21.4 Å². The third kappa shape index (κ3) is 6.40. The summed E-state index contributed by atoms with van der Waals surface area (Å²) in [6, 6.07) is 11.6. The first-order chi connectivity index (χ1) is 17.6. The number of nitrogens with two attached hydrogens (primary N) is 1. The van der Waals surface area contributed by atoms with Gasteiger partial charge >= 0.3 is 40.0 Å². The van der Waals surface area contributed by atoms with Crippen LogP contribution in [0.2, 0.25) is 0 Å². The van der Waals surface area contributed by atoms with E-state index in [9.17, 15) is 39.4 Å². The van der Waals surface area contributed by atoms with E-state index in [1.807, 2.05) is 0 Å². The summed E-state index contributed by atoms with van der Waals surface area (Å²) in [5.74, 6) is -2.24. The number of rotatable bonds is 8. The Morgan fingerprint density at radius 3 is 2.00 bits per heavy atom. The molecule has 1 aliphatic carbocycles. The van der Waals surface area contributed by atoms with Gasteiger partial charge in [-0.15, -0.1) is 0 Å². The monoisotopic (exact) mass is 606 g/mol. The fraction of sp³-hybridized carbons (Fsp3) is 0.0909. The zero-order valence-electron chi connectivity index (χ0n) is 21.0. The van der Waals surface area contributed by atoms with Crippen LogP contribution in [0.1, 0.15) is 33.3 Å². The van der Waals surface area contributed by atoms with E-state index in [0.717, 1.165) is 12.1 Å². The second kappa shape index (κ2) is 11.1. The summed E-state index contributed by atoms with van der Waals surface area (Å²) in [4.78, 5) is 25.4. The first kappa shape index (κ1) is 30.9. The smallest absolute Gasteiger partial charge is 1.00 e. The number of hydrogen-bond donors (Lipinski definition) is 4. The summed E-state index contributed by atoms with van der Waals surface area (Å²) < 4.78 is 93.0. The van der Waals surface area contributed by atoms with Gasteiger partial charge in [-0.3, -0.25) is 18.7 Å². The fourth-order valence-corrected chi connectivity index (χ4v) is 6.07. The number of sulfone groups is 1. The molecule has 0 unspecified atom stereocenters. The van der Waals surface area contributed by atoms with Crippen molar-refractivity contribution >= 4 is 59.0 Å². The normalized spacial score (nSPS) is 13.3. The van der Waals surface area contributed by atoms with Gasteiger partial charge in [0, 0.05) is 16.8 Å². The van der Waals surface area contributed by atoms with Crippen LogP contribution in [0.25, 0.3) is 0 Å². The van der Waals surface area contributed by atoms with Gasteiger partial charge in [0.1, 0.15) is 4.90 Å². The van der Waals surface area contributed by atoms with Gasteiger partial charge in [-0.1, -0.05) is 30.3 Å². The van der Waals surface area contributed by atoms with Crippen molar-refractivity contribution < 1.29 is 79.1 Å². The first-order valence-electron chi connectivity index (χ1n) is 10.4. The molecule has 0 heterocycles. The number of benzene rings is 3. The van der Waals surface area contributed by atoms with E-state index in [1.165, 1.54) is 42.5 Å². The van der Waals surface area contributed by atoms with Crippen LogP contribution in [-0.4, -0.2) is 58.3 Å². The standard InChI is InChI=1S/C22H18N2O11S3.Na.H/c23-20-17(37(29,30)31)11-16(18-19(20)22(26)15-7-2-1-6-14(15)21(18)25)24-12-4-3-5-13(10-12)36(27,28)9-8-35-38(32,33)34;;/h1-7,10-11,24H,8-9,23H2,(H,29,30,31)(H,32,33,34);;/q;+1;-1. The van der Waals surface area contributed by atoms with Crippen molar-refractivity contribution in [1.82, 2.24) is 0 Å². The van der Waals surface area contributed by atoms with Gasteiger partial charge in [-0.05, 0) is 24.3 Å². The van der Waals surface area contributed by atoms with Gasteiger partial charge in [0.25, 0.3) is 10.1 Å². The van der Waals surface area contributed by atoms with Gasteiger partial charge in [0.2, 0.25) is 0 Å². The molecule has 0 atom stereocenters. The Bertz CT molecular complexity index is 1850. The van der Waals surface area contributed by atoms with Gasteiger partial charge in [0.05, 0.1) is 39.8 Å². The second-order valence-corrected chi connectivity index (χ2v) is 12.6. The molecule has 0 saturated heterocycles. The van der Waals surface area contributed by atoms with Crippen molar-refractivity contribution in [2.24, 2.45) is 0 Å². The molecule has 0 spiro atoms. The molecule has 0 aromatic heterocycles. The van der Waals surface area contributed by atoms with Crippen LogP contribution < -0.4 is 40.6 Å². The third-order valence-corrected chi connectivity index (χ3v) is 8.57. The molecule has 0 amide bonds. The van der Waals surface area contributed by atoms with Crippen molar-refractivity contribution in [3.63, 3.8) is 0 Å². The Morgan fingerprint density at radius 2 is 1.44 bits per heavy atom. The third-order valence-electron chi connectivity index (χ3n) is 5.53. The van der Waals surface area contributed by atoms with E-state index in [-0.39, 0.29) is 63.9 Å². The molecule has 13 nitrogen and oxygen atoms in total. The molecule has 3 aromatic carbocycles. The number of hydrogen-bond acceptors (Lipinski definition) is 11. The quantitative estimate of drug-likeness (QED) is 0.105. The Hall–Kier alpha value is -2.67. The molecule has 4 rings (SSSR count). The number of nitrogen functional groups attached to an aromatic ring is 1. The summed E-state index contributed by atoms with van der Waals surface area (Å²) >= 11 is 0. The Morgan fingerprint density at radius 1 is 0.846 bits per heavy atom. The van der Waals surface area contributed by atoms with Crippen molar-refractivity contribution in [3.8, 4) is 0 Å². The van der Waals surface area contributed by atoms with Crippen molar-refractivity contribution in [1.29, 1.82) is 0 Å². The summed E-state index contributed by atoms with van der Waals surface area (Å²) in [7, 11) is -13.9. The SMILES string of the molecule is Nc1c(S(=O)(=O)O)cc(Nc2cccc(S(=O)(=O)CCOS(=O)(=O)O)c2)c2c1C(=O)c1ccccc1C2=O.[H-].[Na+]. The molecule has 202 valence electrons. The molecular formula is C22H19N2NaO11S3. The minimum atomic E-state index is -4.96. The Labute approximate surface area is 246 Å². The van der Waals surface area contributed by atoms with Crippen molar-refractivity contribution in [3.05, 3.63) is 76.9 Å². The largest absolute Gasteiger partial charge is 1.00 e. The van der Waals surface area contributed by atoms with Crippen LogP contribution in [0, 0.1) is 0 Å². The average molecular weight is 607 g/mol. The van der Waals surface area contributed by atoms with E-state index in [2.05, 4.69) is 9.50 Å². The minimum absolute atomic E-state index is 0. The second-order valence-electron chi connectivity index (χ2n) is 7.99. The predicted molar refractivity (Wildman–Crippen MR) is 134 cm³/mol. The molecule has 0 fully saturated rings. The number of carbonyl (C=O) groups is 2. The maximum absolute atomic E-state index is 13.4.